The zero-order chi connectivity index (χ0) is 16.2. The molecule has 0 aromatic heterocycles. The van der Waals surface area contributed by atoms with Gasteiger partial charge in [-0.2, -0.15) is 0 Å². The van der Waals surface area contributed by atoms with Crippen LogP contribution in [-0.2, 0) is 20.8 Å². The van der Waals surface area contributed by atoms with Crippen LogP contribution in [0, 0.1) is 0 Å². The van der Waals surface area contributed by atoms with E-state index in [-0.39, 0.29) is 22.2 Å². The summed E-state index contributed by atoms with van der Waals surface area (Å²) in [5.41, 5.74) is 0.00991. The fourth-order valence-corrected chi connectivity index (χ4v) is 3.40. The minimum Gasteiger partial charge on any atom is -0.351 e. The molecule has 0 fully saturated rings. The summed E-state index contributed by atoms with van der Waals surface area (Å²) in [4.78, 5) is 11.5. The first kappa shape index (κ1) is 18.4. The van der Waals surface area contributed by atoms with Gasteiger partial charge in [-0.25, -0.2) is 13.6 Å². The topological polar surface area (TPSA) is 106 Å². The third-order valence-electron chi connectivity index (χ3n) is 2.50. The van der Waals surface area contributed by atoms with Crippen molar-refractivity contribution in [2.75, 3.05) is 18.1 Å². The highest BCUT2D eigenvalue weighted by atomic mass is 35.5. The standard InChI is InChI=1S/C11H14Cl2N2O4S2/c1-2-20(17)4-3-15-11(16)7-5-8(12)10(13)9(6-7)21(14,18)19/h5-6H,2-4H2,1H3,(H,15,16)(H2,14,18,19). The number of hydrogen-bond acceptors (Lipinski definition) is 4. The predicted octanol–water partition coefficient (Wildman–Crippen LogP) is 1.14. The Morgan fingerprint density at radius 1 is 1.38 bits per heavy atom. The van der Waals surface area contributed by atoms with Gasteiger partial charge in [0.15, 0.2) is 0 Å². The van der Waals surface area contributed by atoms with Gasteiger partial charge in [-0.3, -0.25) is 9.00 Å². The lowest BCUT2D eigenvalue weighted by atomic mass is 10.2. The third kappa shape index (κ3) is 5.23. The summed E-state index contributed by atoms with van der Waals surface area (Å²) in [5, 5.41) is 7.21. The molecule has 118 valence electrons. The van der Waals surface area contributed by atoms with Crippen molar-refractivity contribution in [3.63, 3.8) is 0 Å². The molecular weight excluding hydrogens is 359 g/mol. The van der Waals surface area contributed by atoms with Crippen LogP contribution >= 0.6 is 23.2 Å². The van der Waals surface area contributed by atoms with Gasteiger partial charge in [0, 0.05) is 34.4 Å². The van der Waals surface area contributed by atoms with Crippen molar-refractivity contribution in [3.8, 4) is 0 Å². The lowest BCUT2D eigenvalue weighted by Gasteiger charge is -2.09. The number of halogens is 2. The van der Waals surface area contributed by atoms with Crippen molar-refractivity contribution in [2.45, 2.75) is 11.8 Å². The van der Waals surface area contributed by atoms with Crippen molar-refractivity contribution in [2.24, 2.45) is 5.14 Å². The molecule has 0 radical (unpaired) electrons. The lowest BCUT2D eigenvalue weighted by molar-refractivity contribution is 0.0956. The first-order chi connectivity index (χ1) is 9.66. The number of carbonyl (C=O) groups excluding carboxylic acids is 1. The molecule has 1 amide bonds. The molecule has 1 aromatic carbocycles. The van der Waals surface area contributed by atoms with Crippen molar-refractivity contribution in [3.05, 3.63) is 27.7 Å². The molecule has 0 bridgehead atoms. The molecule has 1 rings (SSSR count). The molecule has 0 aliphatic heterocycles. The molecule has 0 saturated carbocycles. The minimum atomic E-state index is -4.09. The molecule has 0 heterocycles. The highest BCUT2D eigenvalue weighted by Gasteiger charge is 2.19. The first-order valence-corrected chi connectivity index (χ1v) is 9.60. The lowest BCUT2D eigenvalue weighted by Crippen LogP contribution is -2.28. The summed E-state index contributed by atoms with van der Waals surface area (Å²) in [6.07, 6.45) is 0. The summed E-state index contributed by atoms with van der Waals surface area (Å²) in [7, 11) is -5.10. The van der Waals surface area contributed by atoms with Gasteiger partial charge >= 0.3 is 0 Å². The largest absolute Gasteiger partial charge is 0.351 e. The molecule has 0 aliphatic rings. The smallest absolute Gasteiger partial charge is 0.251 e. The summed E-state index contributed by atoms with van der Waals surface area (Å²) < 4.78 is 34.0. The third-order valence-corrected chi connectivity index (χ3v) is 5.65. The van der Waals surface area contributed by atoms with Crippen LogP contribution in [0.25, 0.3) is 0 Å². The Labute approximate surface area is 135 Å². The summed E-state index contributed by atoms with van der Waals surface area (Å²) in [5.74, 6) is 0.260. The predicted molar refractivity (Wildman–Crippen MR) is 83.7 cm³/mol. The van der Waals surface area contributed by atoms with E-state index in [9.17, 15) is 17.4 Å². The highest BCUT2D eigenvalue weighted by molar-refractivity contribution is 7.89. The number of benzene rings is 1. The Morgan fingerprint density at radius 3 is 2.52 bits per heavy atom. The monoisotopic (exact) mass is 372 g/mol. The second-order valence-electron chi connectivity index (χ2n) is 4.00. The molecule has 21 heavy (non-hydrogen) atoms. The quantitative estimate of drug-likeness (QED) is 0.780. The van der Waals surface area contributed by atoms with E-state index in [4.69, 9.17) is 28.3 Å². The maximum absolute atomic E-state index is 11.9. The first-order valence-electron chi connectivity index (χ1n) is 5.81. The summed E-state index contributed by atoms with van der Waals surface area (Å²) in [6, 6.07) is 2.29. The number of carbonyl (C=O) groups is 1. The number of rotatable bonds is 6. The Kier molecular flexibility index (Phi) is 6.61. The molecule has 3 N–H and O–H groups in total. The SMILES string of the molecule is CCS(=O)CCNC(=O)c1cc(Cl)c(Cl)c(S(N)(=O)=O)c1. The molecule has 10 heteroatoms. The van der Waals surface area contributed by atoms with Crippen LogP contribution in [0.4, 0.5) is 0 Å². The maximum Gasteiger partial charge on any atom is 0.251 e. The van der Waals surface area contributed by atoms with Gasteiger partial charge in [0.1, 0.15) is 4.90 Å². The van der Waals surface area contributed by atoms with Crippen LogP contribution in [0.15, 0.2) is 17.0 Å². The van der Waals surface area contributed by atoms with E-state index >= 15 is 0 Å². The molecule has 0 aliphatic carbocycles. The second kappa shape index (κ2) is 7.55. The molecule has 6 nitrogen and oxygen atoms in total. The van der Waals surface area contributed by atoms with E-state index in [1.807, 2.05) is 0 Å². The molecule has 0 saturated heterocycles. The van der Waals surface area contributed by atoms with Crippen molar-refractivity contribution < 1.29 is 17.4 Å². The molecule has 1 atom stereocenters. The van der Waals surface area contributed by atoms with Crippen molar-refractivity contribution >= 4 is 49.9 Å². The maximum atomic E-state index is 11.9. The van der Waals surface area contributed by atoms with Gasteiger partial charge in [0.05, 0.1) is 10.0 Å². The van der Waals surface area contributed by atoms with Crippen LogP contribution in [0.1, 0.15) is 17.3 Å². The normalized spacial score (nSPS) is 13.0. The van der Waals surface area contributed by atoms with E-state index in [0.29, 0.717) is 11.5 Å². The van der Waals surface area contributed by atoms with Gasteiger partial charge in [-0.15, -0.1) is 0 Å². The Hall–Kier alpha value is -0.670. The van der Waals surface area contributed by atoms with Crippen LogP contribution in [0.2, 0.25) is 10.0 Å². The second-order valence-corrected chi connectivity index (χ2v) is 8.18. The van der Waals surface area contributed by atoms with Crippen LogP contribution < -0.4 is 10.5 Å². The fraction of sp³-hybridized carbons (Fsp3) is 0.364. The molecular formula is C11H14Cl2N2O4S2. The summed E-state index contributed by atoms with van der Waals surface area (Å²) >= 11 is 11.6. The molecule has 1 aromatic rings. The van der Waals surface area contributed by atoms with E-state index in [0.717, 1.165) is 6.07 Å². The zero-order valence-electron chi connectivity index (χ0n) is 11.1. The number of nitrogens with one attached hydrogen (secondary N) is 1. The number of amides is 1. The van der Waals surface area contributed by atoms with Gasteiger partial charge in [-0.05, 0) is 12.1 Å². The van der Waals surface area contributed by atoms with Crippen LogP contribution in [-0.4, -0.2) is 36.6 Å². The van der Waals surface area contributed by atoms with Crippen LogP contribution in [0.3, 0.4) is 0 Å². The Morgan fingerprint density at radius 2 is 2.00 bits per heavy atom. The van der Waals surface area contributed by atoms with Crippen LogP contribution in [0.5, 0.6) is 0 Å². The van der Waals surface area contributed by atoms with E-state index in [1.165, 1.54) is 6.07 Å². The van der Waals surface area contributed by atoms with E-state index < -0.39 is 31.6 Å². The van der Waals surface area contributed by atoms with Gasteiger partial charge in [-0.1, -0.05) is 30.1 Å². The molecule has 1 unspecified atom stereocenters. The number of hydrogen-bond donors (Lipinski definition) is 2. The zero-order valence-corrected chi connectivity index (χ0v) is 14.2. The van der Waals surface area contributed by atoms with E-state index in [1.54, 1.807) is 6.92 Å². The van der Waals surface area contributed by atoms with Gasteiger partial charge in [0.25, 0.3) is 5.91 Å². The molecule has 0 spiro atoms. The Bertz CT molecular complexity index is 677. The number of nitrogens with two attached hydrogens (primary N) is 1. The van der Waals surface area contributed by atoms with Gasteiger partial charge < -0.3 is 5.32 Å². The Balaban J connectivity index is 2.96. The fourth-order valence-electron chi connectivity index (χ4n) is 1.43. The number of primary sulfonamides is 1. The highest BCUT2D eigenvalue weighted by Crippen LogP contribution is 2.30. The van der Waals surface area contributed by atoms with Gasteiger partial charge in [0.2, 0.25) is 10.0 Å². The average molecular weight is 373 g/mol. The van der Waals surface area contributed by atoms with Crippen molar-refractivity contribution in [1.29, 1.82) is 0 Å². The average Bonchev–Trinajstić information content (AvgIpc) is 2.39. The number of sulfonamides is 1. The summed E-state index contributed by atoms with van der Waals surface area (Å²) in [6.45, 7) is 1.97. The van der Waals surface area contributed by atoms with Crippen molar-refractivity contribution in [1.82, 2.24) is 5.32 Å². The van der Waals surface area contributed by atoms with E-state index in [2.05, 4.69) is 5.32 Å². The minimum absolute atomic E-state index is 0.00991.